The molecule has 1 aliphatic heterocycles. The summed E-state index contributed by atoms with van der Waals surface area (Å²) in [6, 6.07) is 3.47. The Morgan fingerprint density at radius 2 is 1.95 bits per heavy atom. The van der Waals surface area contributed by atoms with Gasteiger partial charge in [0, 0.05) is 18.8 Å². The lowest BCUT2D eigenvalue weighted by atomic mass is 9.96. The molecule has 0 radical (unpaired) electrons. The highest BCUT2D eigenvalue weighted by Crippen LogP contribution is 2.34. The number of alkyl halides is 3. The molecule has 4 nitrogen and oxygen atoms in total. The summed E-state index contributed by atoms with van der Waals surface area (Å²) in [7, 11) is 0. The molecule has 0 atom stereocenters. The van der Waals surface area contributed by atoms with Crippen LogP contribution in [0.15, 0.2) is 6.07 Å². The van der Waals surface area contributed by atoms with Crippen LogP contribution in [-0.4, -0.2) is 29.2 Å². The van der Waals surface area contributed by atoms with Crippen molar-refractivity contribution in [2.75, 3.05) is 18.0 Å². The molecule has 0 bridgehead atoms. The molecule has 0 N–H and O–H groups in total. The van der Waals surface area contributed by atoms with E-state index in [2.05, 4.69) is 9.97 Å². The van der Waals surface area contributed by atoms with Gasteiger partial charge in [0.25, 0.3) is 0 Å². The average Bonchev–Trinajstić information content (AvgIpc) is 2.37. The van der Waals surface area contributed by atoms with Crippen molar-refractivity contribution in [1.29, 1.82) is 5.26 Å². The van der Waals surface area contributed by atoms with Gasteiger partial charge in [0.05, 0.1) is 5.92 Å². The summed E-state index contributed by atoms with van der Waals surface area (Å²) in [5, 5.41) is 8.83. The topological polar surface area (TPSA) is 52.8 Å². The molecular weight excluding hydrogens is 257 g/mol. The summed E-state index contributed by atoms with van der Waals surface area (Å²) in [6.45, 7) is 2.26. The van der Waals surface area contributed by atoms with Crippen molar-refractivity contribution in [2.24, 2.45) is 5.92 Å². The Kier molecular flexibility index (Phi) is 3.60. The SMILES string of the molecule is Cc1cc(C#N)nc(N2CCC(C(F)(F)F)CC2)n1. The number of aromatic nitrogens is 2. The zero-order chi connectivity index (χ0) is 14.0. The third-order valence-corrected chi connectivity index (χ3v) is 3.20. The maximum atomic E-state index is 12.6. The number of piperidine rings is 1. The first-order valence-corrected chi connectivity index (χ1v) is 5.97. The van der Waals surface area contributed by atoms with Gasteiger partial charge in [-0.15, -0.1) is 0 Å². The summed E-state index contributed by atoms with van der Waals surface area (Å²) in [4.78, 5) is 9.91. The maximum Gasteiger partial charge on any atom is 0.391 e. The number of hydrogen-bond donors (Lipinski definition) is 0. The molecule has 0 saturated carbocycles. The number of nitrogens with zero attached hydrogens (tertiary/aromatic N) is 4. The number of halogens is 3. The fourth-order valence-electron chi connectivity index (χ4n) is 2.16. The van der Waals surface area contributed by atoms with E-state index in [0.717, 1.165) is 0 Å². The molecule has 0 aliphatic carbocycles. The van der Waals surface area contributed by atoms with E-state index in [1.807, 2.05) is 6.07 Å². The van der Waals surface area contributed by atoms with Crippen LogP contribution in [-0.2, 0) is 0 Å². The summed E-state index contributed by atoms with van der Waals surface area (Å²) in [5.74, 6) is -0.902. The summed E-state index contributed by atoms with van der Waals surface area (Å²) in [6.07, 6.45) is -4.04. The Morgan fingerprint density at radius 1 is 1.32 bits per heavy atom. The lowest BCUT2D eigenvalue weighted by Crippen LogP contribution is -2.39. The third-order valence-electron chi connectivity index (χ3n) is 3.20. The van der Waals surface area contributed by atoms with Gasteiger partial charge in [-0.2, -0.15) is 18.4 Å². The predicted molar refractivity (Wildman–Crippen MR) is 62.5 cm³/mol. The van der Waals surface area contributed by atoms with Gasteiger partial charge >= 0.3 is 6.18 Å². The number of nitriles is 1. The first-order valence-electron chi connectivity index (χ1n) is 5.97. The van der Waals surface area contributed by atoms with Crippen molar-refractivity contribution in [3.8, 4) is 6.07 Å². The van der Waals surface area contributed by atoms with Crippen LogP contribution in [0.5, 0.6) is 0 Å². The zero-order valence-electron chi connectivity index (χ0n) is 10.4. The van der Waals surface area contributed by atoms with E-state index in [9.17, 15) is 13.2 Å². The van der Waals surface area contributed by atoms with Gasteiger partial charge in [0.2, 0.25) is 5.95 Å². The molecule has 1 aliphatic rings. The Morgan fingerprint density at radius 3 is 2.47 bits per heavy atom. The molecule has 1 fully saturated rings. The smallest absolute Gasteiger partial charge is 0.341 e. The van der Waals surface area contributed by atoms with Crippen LogP contribution in [0.2, 0.25) is 0 Å². The largest absolute Gasteiger partial charge is 0.391 e. The van der Waals surface area contributed by atoms with Crippen LogP contribution in [0.25, 0.3) is 0 Å². The number of rotatable bonds is 1. The van der Waals surface area contributed by atoms with Crippen molar-refractivity contribution in [1.82, 2.24) is 9.97 Å². The number of hydrogen-bond acceptors (Lipinski definition) is 4. The molecule has 2 heterocycles. The summed E-state index contributed by atoms with van der Waals surface area (Å²) in [5.41, 5.74) is 0.875. The van der Waals surface area contributed by atoms with E-state index in [0.29, 0.717) is 11.6 Å². The van der Waals surface area contributed by atoms with E-state index in [4.69, 9.17) is 5.26 Å². The number of anilines is 1. The van der Waals surface area contributed by atoms with Crippen molar-refractivity contribution < 1.29 is 13.2 Å². The highest BCUT2D eigenvalue weighted by molar-refractivity contribution is 5.36. The highest BCUT2D eigenvalue weighted by Gasteiger charge is 2.41. The minimum absolute atomic E-state index is 0.0443. The standard InChI is InChI=1S/C12H13F3N4/c1-8-6-10(7-16)18-11(17-8)19-4-2-9(3-5-19)12(13,14)15/h6,9H,2-5H2,1H3. The van der Waals surface area contributed by atoms with Crippen LogP contribution in [0.3, 0.4) is 0 Å². The van der Waals surface area contributed by atoms with Crippen molar-refractivity contribution in [3.63, 3.8) is 0 Å². The van der Waals surface area contributed by atoms with Gasteiger partial charge in [-0.05, 0) is 25.8 Å². The second-order valence-corrected chi connectivity index (χ2v) is 4.61. The Balaban J connectivity index is 2.10. The van der Waals surface area contributed by atoms with Gasteiger partial charge in [0.15, 0.2) is 0 Å². The van der Waals surface area contributed by atoms with Crippen molar-refractivity contribution >= 4 is 5.95 Å². The van der Waals surface area contributed by atoms with E-state index in [1.54, 1.807) is 17.9 Å². The maximum absolute atomic E-state index is 12.6. The normalized spacial score (nSPS) is 17.3. The van der Waals surface area contributed by atoms with E-state index in [1.165, 1.54) is 0 Å². The first kappa shape index (κ1) is 13.6. The van der Waals surface area contributed by atoms with Gasteiger partial charge < -0.3 is 4.90 Å². The van der Waals surface area contributed by atoms with Crippen molar-refractivity contribution in [2.45, 2.75) is 25.9 Å². The van der Waals surface area contributed by atoms with Crippen LogP contribution in [0.4, 0.5) is 19.1 Å². The van der Waals surface area contributed by atoms with Crippen LogP contribution in [0, 0.1) is 24.2 Å². The minimum Gasteiger partial charge on any atom is -0.341 e. The third kappa shape index (κ3) is 3.13. The van der Waals surface area contributed by atoms with Gasteiger partial charge in [-0.1, -0.05) is 0 Å². The zero-order valence-corrected chi connectivity index (χ0v) is 10.4. The quantitative estimate of drug-likeness (QED) is 0.786. The van der Waals surface area contributed by atoms with E-state index in [-0.39, 0.29) is 31.6 Å². The fraction of sp³-hybridized carbons (Fsp3) is 0.583. The molecule has 0 unspecified atom stereocenters. The molecule has 1 saturated heterocycles. The average molecular weight is 270 g/mol. The lowest BCUT2D eigenvalue weighted by molar-refractivity contribution is -0.179. The van der Waals surface area contributed by atoms with Gasteiger partial charge in [0.1, 0.15) is 11.8 Å². The molecule has 102 valence electrons. The molecule has 19 heavy (non-hydrogen) atoms. The number of aryl methyl sites for hydroxylation is 1. The Labute approximate surface area is 108 Å². The lowest BCUT2D eigenvalue weighted by Gasteiger charge is -2.32. The summed E-state index contributed by atoms with van der Waals surface area (Å²) >= 11 is 0. The molecule has 1 aromatic heterocycles. The van der Waals surface area contributed by atoms with E-state index >= 15 is 0 Å². The Bertz CT molecular complexity index is 499. The Hall–Kier alpha value is -1.84. The predicted octanol–water partition coefficient (Wildman–Crippen LogP) is 2.44. The highest BCUT2D eigenvalue weighted by atomic mass is 19.4. The molecular formula is C12H13F3N4. The monoisotopic (exact) mass is 270 g/mol. The fourth-order valence-corrected chi connectivity index (χ4v) is 2.16. The van der Waals surface area contributed by atoms with Crippen LogP contribution >= 0.6 is 0 Å². The molecule has 0 spiro atoms. The second kappa shape index (κ2) is 5.03. The molecule has 7 heteroatoms. The summed E-state index contributed by atoms with van der Waals surface area (Å²) < 4.78 is 37.7. The minimum atomic E-state index is -4.13. The van der Waals surface area contributed by atoms with Crippen molar-refractivity contribution in [3.05, 3.63) is 17.5 Å². The molecule has 0 amide bonds. The molecule has 0 aromatic carbocycles. The van der Waals surface area contributed by atoms with Gasteiger partial charge in [-0.25, -0.2) is 9.97 Å². The molecule has 1 aromatic rings. The second-order valence-electron chi connectivity index (χ2n) is 4.61. The van der Waals surface area contributed by atoms with Gasteiger partial charge in [-0.3, -0.25) is 0 Å². The molecule has 2 rings (SSSR count). The van der Waals surface area contributed by atoms with Crippen LogP contribution in [0.1, 0.15) is 24.2 Å². The van der Waals surface area contributed by atoms with Crippen LogP contribution < -0.4 is 4.90 Å². The first-order chi connectivity index (χ1) is 8.90. The van der Waals surface area contributed by atoms with E-state index < -0.39 is 12.1 Å².